The lowest BCUT2D eigenvalue weighted by Gasteiger charge is -2.07. The van der Waals surface area contributed by atoms with E-state index in [9.17, 15) is 13.6 Å². The highest BCUT2D eigenvalue weighted by atomic mass is 79.9. The molecule has 3 nitrogen and oxygen atoms in total. The molecule has 1 N–H and O–H groups in total. The van der Waals surface area contributed by atoms with Crippen LogP contribution in [0.3, 0.4) is 0 Å². The molecule has 0 amide bonds. The number of carbonyl (C=O) groups is 1. The molecule has 0 spiro atoms. The monoisotopic (exact) mass is 279 g/mol. The molecule has 1 aromatic heterocycles. The van der Waals surface area contributed by atoms with E-state index >= 15 is 0 Å². The van der Waals surface area contributed by atoms with E-state index in [2.05, 4.69) is 20.9 Å². The number of aryl methyl sites for hydroxylation is 1. The predicted molar refractivity (Wildman–Crippen MR) is 53.0 cm³/mol. The zero-order valence-electron chi connectivity index (χ0n) is 7.80. The van der Waals surface area contributed by atoms with Gasteiger partial charge >= 0.3 is 5.97 Å². The van der Waals surface area contributed by atoms with Crippen LogP contribution in [0.25, 0.3) is 0 Å². The Bertz CT molecular complexity index is 396. The Morgan fingerprint density at radius 1 is 1.67 bits per heavy atom. The number of nitrogens with zero attached hydrogens (tertiary/aromatic N) is 1. The summed E-state index contributed by atoms with van der Waals surface area (Å²) >= 11 is 2.99. The zero-order chi connectivity index (χ0) is 11.6. The van der Waals surface area contributed by atoms with E-state index in [1.165, 1.54) is 6.07 Å². The van der Waals surface area contributed by atoms with Gasteiger partial charge in [0.25, 0.3) is 6.43 Å². The molecule has 1 heterocycles. The first-order valence-electron chi connectivity index (χ1n) is 4.07. The highest BCUT2D eigenvalue weighted by Crippen LogP contribution is 2.28. The molecule has 0 radical (unpaired) electrons. The van der Waals surface area contributed by atoms with Crippen LogP contribution in [0.15, 0.2) is 10.5 Å². The maximum atomic E-state index is 12.5. The lowest BCUT2D eigenvalue weighted by Crippen LogP contribution is -2.06. The van der Waals surface area contributed by atoms with Crippen LogP contribution < -0.4 is 0 Å². The normalized spacial score (nSPS) is 10.7. The van der Waals surface area contributed by atoms with E-state index in [0.29, 0.717) is 5.56 Å². The van der Waals surface area contributed by atoms with Gasteiger partial charge < -0.3 is 5.11 Å². The second-order valence-electron chi connectivity index (χ2n) is 3.00. The third-order valence-electron chi connectivity index (χ3n) is 1.76. The molecule has 0 fully saturated rings. The number of hydrogen-bond acceptors (Lipinski definition) is 2. The number of aliphatic carboxylic acids is 1. The number of pyridine rings is 1. The van der Waals surface area contributed by atoms with Crippen molar-refractivity contribution in [2.45, 2.75) is 19.8 Å². The number of halogens is 3. The minimum atomic E-state index is -2.72. The van der Waals surface area contributed by atoms with Crippen LogP contribution in [0.2, 0.25) is 0 Å². The van der Waals surface area contributed by atoms with E-state index in [0.717, 1.165) is 0 Å². The molecule has 0 atom stereocenters. The van der Waals surface area contributed by atoms with Gasteiger partial charge in [-0.1, -0.05) is 0 Å². The summed E-state index contributed by atoms with van der Waals surface area (Å²) in [7, 11) is 0. The summed E-state index contributed by atoms with van der Waals surface area (Å²) in [4.78, 5) is 14.0. The van der Waals surface area contributed by atoms with Gasteiger partial charge in [0, 0.05) is 4.47 Å². The van der Waals surface area contributed by atoms with Crippen LogP contribution in [0.1, 0.15) is 23.4 Å². The van der Waals surface area contributed by atoms with Crippen molar-refractivity contribution >= 4 is 21.9 Å². The molecule has 15 heavy (non-hydrogen) atoms. The predicted octanol–water partition coefficient (Wildman–Crippen LogP) is 2.72. The summed E-state index contributed by atoms with van der Waals surface area (Å²) in [6.45, 7) is 1.61. The van der Waals surface area contributed by atoms with Gasteiger partial charge in [-0.25, -0.2) is 8.78 Å². The Morgan fingerprint density at radius 3 is 2.73 bits per heavy atom. The quantitative estimate of drug-likeness (QED) is 0.926. The van der Waals surface area contributed by atoms with Crippen molar-refractivity contribution in [2.75, 3.05) is 0 Å². The first-order chi connectivity index (χ1) is 6.91. The van der Waals surface area contributed by atoms with Crippen LogP contribution in [-0.2, 0) is 11.2 Å². The smallest absolute Gasteiger partial charge is 0.309 e. The first-order valence-corrected chi connectivity index (χ1v) is 4.87. The molecule has 1 aromatic rings. The lowest BCUT2D eigenvalue weighted by atomic mass is 10.2. The van der Waals surface area contributed by atoms with Crippen molar-refractivity contribution in [2.24, 2.45) is 0 Å². The van der Waals surface area contributed by atoms with Gasteiger partial charge in [-0.3, -0.25) is 9.78 Å². The van der Waals surface area contributed by atoms with Gasteiger partial charge in [0.15, 0.2) is 0 Å². The average Bonchev–Trinajstić information content (AvgIpc) is 2.09. The highest BCUT2D eigenvalue weighted by molar-refractivity contribution is 9.10. The van der Waals surface area contributed by atoms with Gasteiger partial charge in [0.05, 0.1) is 12.1 Å². The molecule has 1 rings (SSSR count). The summed E-state index contributed by atoms with van der Waals surface area (Å²) in [6, 6.07) is 1.48. The Kier molecular flexibility index (Phi) is 3.73. The molecule has 0 saturated carbocycles. The lowest BCUT2D eigenvalue weighted by molar-refractivity contribution is -0.136. The number of rotatable bonds is 3. The molecule has 0 bridgehead atoms. The minimum absolute atomic E-state index is 0.138. The van der Waals surface area contributed by atoms with Crippen LogP contribution in [0.4, 0.5) is 8.78 Å². The van der Waals surface area contributed by atoms with Crippen LogP contribution in [0, 0.1) is 6.92 Å². The molecule has 0 aromatic carbocycles. The van der Waals surface area contributed by atoms with Crippen molar-refractivity contribution in [3.8, 4) is 0 Å². The standard InChI is InChI=1S/C9H8BrF2NO2/c1-4-2-5(3-6(14)15)13-8(7(4)10)9(11)12/h2,9H,3H2,1H3,(H,14,15). The second-order valence-corrected chi connectivity index (χ2v) is 3.79. The first kappa shape index (κ1) is 12.0. The van der Waals surface area contributed by atoms with Crippen molar-refractivity contribution in [1.82, 2.24) is 4.98 Å². The zero-order valence-corrected chi connectivity index (χ0v) is 9.38. The summed E-state index contributed by atoms with van der Waals surface area (Å²) in [5.74, 6) is -1.09. The van der Waals surface area contributed by atoms with Crippen LogP contribution in [-0.4, -0.2) is 16.1 Å². The second kappa shape index (κ2) is 4.65. The summed E-state index contributed by atoms with van der Waals surface area (Å²) in [6.07, 6.45) is -3.07. The number of carboxylic acids is 1. The molecular formula is C9H8BrF2NO2. The van der Waals surface area contributed by atoms with Gasteiger partial charge in [0.2, 0.25) is 0 Å². The molecule has 82 valence electrons. The fourth-order valence-electron chi connectivity index (χ4n) is 1.14. The number of carboxylic acid groups (broad SMARTS) is 1. The van der Waals surface area contributed by atoms with Gasteiger partial charge in [0.1, 0.15) is 5.69 Å². The SMILES string of the molecule is Cc1cc(CC(=O)O)nc(C(F)F)c1Br. The maximum absolute atomic E-state index is 12.5. The number of hydrogen-bond donors (Lipinski definition) is 1. The van der Waals surface area contributed by atoms with E-state index < -0.39 is 18.1 Å². The maximum Gasteiger partial charge on any atom is 0.309 e. The fraction of sp³-hybridized carbons (Fsp3) is 0.333. The molecule has 0 aliphatic heterocycles. The van der Waals surface area contributed by atoms with Crippen molar-refractivity contribution in [3.05, 3.63) is 27.5 Å². The summed E-state index contributed by atoms with van der Waals surface area (Å²) in [5.41, 5.74) is 0.279. The summed E-state index contributed by atoms with van der Waals surface area (Å²) < 4.78 is 25.2. The molecule has 0 unspecified atom stereocenters. The molecular weight excluding hydrogens is 272 g/mol. The van der Waals surface area contributed by atoms with Crippen molar-refractivity contribution in [3.63, 3.8) is 0 Å². The van der Waals surface area contributed by atoms with E-state index in [1.54, 1.807) is 6.92 Å². The van der Waals surface area contributed by atoms with Gasteiger partial charge in [-0.15, -0.1) is 0 Å². The third-order valence-corrected chi connectivity index (χ3v) is 2.79. The number of aromatic nitrogens is 1. The summed E-state index contributed by atoms with van der Waals surface area (Å²) in [5, 5.41) is 8.52. The average molecular weight is 280 g/mol. The molecule has 0 aliphatic rings. The fourth-order valence-corrected chi connectivity index (χ4v) is 1.52. The molecule has 6 heteroatoms. The van der Waals surface area contributed by atoms with Gasteiger partial charge in [-0.05, 0) is 34.5 Å². The Balaban J connectivity index is 3.17. The number of alkyl halides is 2. The van der Waals surface area contributed by atoms with E-state index in [1.807, 2.05) is 0 Å². The third kappa shape index (κ3) is 2.95. The van der Waals surface area contributed by atoms with Crippen molar-refractivity contribution < 1.29 is 18.7 Å². The van der Waals surface area contributed by atoms with E-state index in [4.69, 9.17) is 5.11 Å². The Morgan fingerprint density at radius 2 is 2.27 bits per heavy atom. The molecule has 0 aliphatic carbocycles. The molecule has 0 saturated heterocycles. The Hall–Kier alpha value is -1.04. The van der Waals surface area contributed by atoms with Crippen molar-refractivity contribution in [1.29, 1.82) is 0 Å². The van der Waals surface area contributed by atoms with Crippen LogP contribution in [0.5, 0.6) is 0 Å². The minimum Gasteiger partial charge on any atom is -0.481 e. The Labute approximate surface area is 93.3 Å². The van der Waals surface area contributed by atoms with E-state index in [-0.39, 0.29) is 16.6 Å². The highest BCUT2D eigenvalue weighted by Gasteiger charge is 2.17. The van der Waals surface area contributed by atoms with Gasteiger partial charge in [-0.2, -0.15) is 0 Å². The topological polar surface area (TPSA) is 50.2 Å². The largest absolute Gasteiger partial charge is 0.481 e. The van der Waals surface area contributed by atoms with Crippen LogP contribution >= 0.6 is 15.9 Å².